The van der Waals surface area contributed by atoms with Crippen molar-refractivity contribution in [3.8, 4) is 11.5 Å². The summed E-state index contributed by atoms with van der Waals surface area (Å²) in [6.07, 6.45) is 1.39. The molecule has 3 aromatic rings. The van der Waals surface area contributed by atoms with E-state index >= 15 is 0 Å². The molecule has 0 aromatic heterocycles. The van der Waals surface area contributed by atoms with E-state index in [1.54, 1.807) is 42.5 Å². The molecule has 0 aliphatic carbocycles. The first-order chi connectivity index (χ1) is 16.0. The van der Waals surface area contributed by atoms with Gasteiger partial charge in [0.25, 0.3) is 17.7 Å². The van der Waals surface area contributed by atoms with Crippen LogP contribution in [0.1, 0.15) is 31.8 Å². The third-order valence-corrected chi connectivity index (χ3v) is 4.98. The molecule has 0 fully saturated rings. The number of methoxy groups -OCH3 is 1. The minimum atomic E-state index is -0.474. The van der Waals surface area contributed by atoms with Crippen LogP contribution in [0.15, 0.2) is 71.8 Å². The lowest BCUT2D eigenvalue weighted by molar-refractivity contribution is -0.118. The van der Waals surface area contributed by atoms with Crippen molar-refractivity contribution in [2.45, 2.75) is 6.92 Å². The Labute approximate surface area is 190 Å². The lowest BCUT2D eigenvalue weighted by Crippen LogP contribution is -2.24. The number of nitrogens with one attached hydrogen (secondary N) is 1. The molecule has 0 spiro atoms. The van der Waals surface area contributed by atoms with Gasteiger partial charge in [0.15, 0.2) is 18.1 Å². The van der Waals surface area contributed by atoms with E-state index in [0.717, 1.165) is 10.6 Å². The number of imide groups is 1. The highest BCUT2D eigenvalue weighted by Crippen LogP contribution is 2.28. The first-order valence-corrected chi connectivity index (χ1v) is 10.2. The molecule has 3 aromatic carbocycles. The highest BCUT2D eigenvalue weighted by Gasteiger charge is 2.35. The lowest BCUT2D eigenvalue weighted by Gasteiger charge is -2.12. The Balaban J connectivity index is 1.41. The number of nitrogens with zero attached hydrogens (tertiary/aromatic N) is 2. The van der Waals surface area contributed by atoms with Crippen LogP contribution in [0.4, 0.5) is 5.69 Å². The summed E-state index contributed by atoms with van der Waals surface area (Å²) in [6, 6.07) is 19.0. The van der Waals surface area contributed by atoms with E-state index < -0.39 is 11.8 Å². The molecular weight excluding hydrogens is 422 g/mol. The molecule has 0 atom stereocenters. The summed E-state index contributed by atoms with van der Waals surface area (Å²) in [5.41, 5.74) is 3.01. The maximum atomic E-state index is 12.4. The second-order valence-corrected chi connectivity index (χ2v) is 7.33. The maximum Gasteiger partial charge on any atom is 0.282 e. The van der Waals surface area contributed by atoms with Gasteiger partial charge >= 0.3 is 0 Å². The number of anilines is 1. The zero-order valence-electron chi connectivity index (χ0n) is 18.1. The third kappa shape index (κ3) is 4.74. The van der Waals surface area contributed by atoms with Crippen molar-refractivity contribution in [1.82, 2.24) is 5.01 Å². The van der Waals surface area contributed by atoms with Crippen LogP contribution in [-0.4, -0.2) is 42.7 Å². The maximum absolute atomic E-state index is 12.4. The van der Waals surface area contributed by atoms with Crippen molar-refractivity contribution in [2.24, 2.45) is 5.10 Å². The third-order valence-electron chi connectivity index (χ3n) is 4.98. The molecule has 8 heteroatoms. The zero-order chi connectivity index (χ0) is 23.4. The van der Waals surface area contributed by atoms with E-state index in [-0.39, 0.29) is 12.5 Å². The first kappa shape index (κ1) is 21.8. The normalized spacial score (nSPS) is 12.7. The zero-order valence-corrected chi connectivity index (χ0v) is 18.1. The van der Waals surface area contributed by atoms with E-state index in [1.165, 1.54) is 13.3 Å². The second-order valence-electron chi connectivity index (χ2n) is 7.33. The fraction of sp³-hybridized carbons (Fsp3) is 0.120. The predicted octanol–water partition coefficient (Wildman–Crippen LogP) is 3.65. The summed E-state index contributed by atoms with van der Waals surface area (Å²) in [5, 5.41) is 7.64. The second kappa shape index (κ2) is 9.35. The molecule has 0 radical (unpaired) electrons. The van der Waals surface area contributed by atoms with E-state index in [4.69, 9.17) is 9.47 Å². The average Bonchev–Trinajstić information content (AvgIpc) is 3.07. The Morgan fingerprint density at radius 1 is 0.970 bits per heavy atom. The largest absolute Gasteiger partial charge is 0.493 e. The number of rotatable bonds is 7. The van der Waals surface area contributed by atoms with Crippen LogP contribution in [-0.2, 0) is 4.79 Å². The quantitative estimate of drug-likeness (QED) is 0.444. The van der Waals surface area contributed by atoms with E-state index in [9.17, 15) is 14.4 Å². The van der Waals surface area contributed by atoms with E-state index in [0.29, 0.717) is 33.9 Å². The van der Waals surface area contributed by atoms with Crippen LogP contribution in [0.3, 0.4) is 0 Å². The smallest absolute Gasteiger partial charge is 0.282 e. The van der Waals surface area contributed by atoms with Gasteiger partial charge in [-0.25, -0.2) is 0 Å². The van der Waals surface area contributed by atoms with Gasteiger partial charge in [0.1, 0.15) is 0 Å². The van der Waals surface area contributed by atoms with Crippen molar-refractivity contribution in [1.29, 1.82) is 0 Å². The molecule has 166 valence electrons. The van der Waals surface area contributed by atoms with Crippen LogP contribution < -0.4 is 14.8 Å². The number of benzene rings is 3. The van der Waals surface area contributed by atoms with Crippen LogP contribution in [0.5, 0.6) is 11.5 Å². The predicted molar refractivity (Wildman–Crippen MR) is 123 cm³/mol. The minimum absolute atomic E-state index is 0.202. The van der Waals surface area contributed by atoms with Crippen LogP contribution in [0.25, 0.3) is 0 Å². The van der Waals surface area contributed by atoms with Crippen LogP contribution in [0.2, 0.25) is 0 Å². The van der Waals surface area contributed by atoms with Gasteiger partial charge in [0.05, 0.1) is 24.5 Å². The van der Waals surface area contributed by atoms with Gasteiger partial charge < -0.3 is 14.8 Å². The SMILES string of the molecule is COc1cc(/C=N/N2C(=O)c3ccccc3C2=O)ccc1OCC(=O)Nc1ccc(C)cc1. The minimum Gasteiger partial charge on any atom is -0.493 e. The number of ether oxygens (including phenoxy) is 2. The van der Waals surface area contributed by atoms with Crippen LogP contribution in [0, 0.1) is 6.92 Å². The van der Waals surface area contributed by atoms with Crippen molar-refractivity contribution in [3.63, 3.8) is 0 Å². The molecule has 0 bridgehead atoms. The van der Waals surface area contributed by atoms with E-state index in [1.807, 2.05) is 31.2 Å². The van der Waals surface area contributed by atoms with Gasteiger partial charge in [0, 0.05) is 5.69 Å². The number of aryl methyl sites for hydroxylation is 1. The van der Waals surface area contributed by atoms with Gasteiger partial charge in [-0.15, -0.1) is 0 Å². The molecule has 3 amide bonds. The number of hydrogen-bond donors (Lipinski definition) is 1. The molecule has 0 saturated carbocycles. The summed E-state index contributed by atoms with van der Waals surface area (Å²) in [6.45, 7) is 1.77. The summed E-state index contributed by atoms with van der Waals surface area (Å²) in [5.74, 6) is -0.507. The van der Waals surface area contributed by atoms with Crippen molar-refractivity contribution >= 4 is 29.6 Å². The Morgan fingerprint density at radius 3 is 2.27 bits per heavy atom. The van der Waals surface area contributed by atoms with Gasteiger partial charge in [-0.2, -0.15) is 10.1 Å². The molecule has 0 unspecified atom stereocenters. The number of carbonyl (C=O) groups excluding carboxylic acids is 3. The fourth-order valence-electron chi connectivity index (χ4n) is 3.27. The van der Waals surface area contributed by atoms with Gasteiger partial charge in [-0.05, 0) is 55.0 Å². The van der Waals surface area contributed by atoms with Crippen molar-refractivity contribution < 1.29 is 23.9 Å². The first-order valence-electron chi connectivity index (χ1n) is 10.2. The molecular formula is C25H21N3O5. The van der Waals surface area contributed by atoms with Gasteiger partial charge in [-0.3, -0.25) is 14.4 Å². The Morgan fingerprint density at radius 2 is 1.64 bits per heavy atom. The number of amides is 3. The van der Waals surface area contributed by atoms with Gasteiger partial charge in [-0.1, -0.05) is 29.8 Å². The summed E-state index contributed by atoms with van der Waals surface area (Å²) in [4.78, 5) is 37.0. The molecule has 4 rings (SSSR count). The van der Waals surface area contributed by atoms with Crippen LogP contribution >= 0.6 is 0 Å². The number of hydrogen-bond acceptors (Lipinski definition) is 6. The number of carbonyl (C=O) groups is 3. The Bertz CT molecular complexity index is 1220. The number of hydrazone groups is 1. The summed E-state index contributed by atoms with van der Waals surface area (Å²) >= 11 is 0. The standard InChI is InChI=1S/C25H21N3O5/c1-16-7-10-18(11-8-16)27-23(29)15-33-21-12-9-17(13-22(21)32-2)14-26-28-24(30)19-5-3-4-6-20(19)25(28)31/h3-14H,15H2,1-2H3,(H,27,29)/b26-14+. The van der Waals surface area contributed by atoms with Gasteiger partial charge in [0.2, 0.25) is 0 Å². The Kier molecular flexibility index (Phi) is 6.17. The summed E-state index contributed by atoms with van der Waals surface area (Å²) < 4.78 is 10.9. The Hall–Kier alpha value is -4.46. The average molecular weight is 443 g/mol. The number of fused-ring (bicyclic) bond motifs is 1. The highest BCUT2D eigenvalue weighted by molar-refractivity contribution is 6.21. The van der Waals surface area contributed by atoms with Crippen molar-refractivity contribution in [3.05, 3.63) is 89.0 Å². The topological polar surface area (TPSA) is 97.3 Å². The highest BCUT2D eigenvalue weighted by atomic mass is 16.5. The molecule has 33 heavy (non-hydrogen) atoms. The monoisotopic (exact) mass is 443 g/mol. The molecule has 1 N–H and O–H groups in total. The van der Waals surface area contributed by atoms with E-state index in [2.05, 4.69) is 10.4 Å². The molecule has 1 aliphatic rings. The molecule has 1 heterocycles. The summed E-state index contributed by atoms with van der Waals surface area (Å²) in [7, 11) is 1.47. The lowest BCUT2D eigenvalue weighted by atomic mass is 10.1. The molecule has 1 aliphatic heterocycles. The van der Waals surface area contributed by atoms with Crippen molar-refractivity contribution in [2.75, 3.05) is 19.0 Å². The molecule has 8 nitrogen and oxygen atoms in total. The molecule has 0 saturated heterocycles. The fourth-order valence-corrected chi connectivity index (χ4v) is 3.27.